The fourth-order valence-electron chi connectivity index (χ4n) is 4.00. The Labute approximate surface area is 173 Å². The van der Waals surface area contributed by atoms with Crippen molar-refractivity contribution in [3.8, 4) is 11.5 Å². The summed E-state index contributed by atoms with van der Waals surface area (Å²) >= 11 is 0. The highest BCUT2D eigenvalue weighted by Gasteiger charge is 2.29. The molecule has 29 heavy (non-hydrogen) atoms. The summed E-state index contributed by atoms with van der Waals surface area (Å²) in [4.78, 5) is 18.7. The average Bonchev–Trinajstić information content (AvgIpc) is 2.74. The van der Waals surface area contributed by atoms with Crippen LogP contribution < -0.4 is 14.8 Å². The molecule has 3 rings (SSSR count). The molecule has 2 heterocycles. The lowest BCUT2D eigenvalue weighted by Crippen LogP contribution is -2.40. The van der Waals surface area contributed by atoms with E-state index in [0.29, 0.717) is 12.5 Å². The van der Waals surface area contributed by atoms with Crippen LogP contribution in [-0.2, 0) is 11.3 Å². The van der Waals surface area contributed by atoms with Crippen LogP contribution in [0.15, 0.2) is 42.6 Å². The number of ether oxygens (including phenoxy) is 2. The van der Waals surface area contributed by atoms with Crippen molar-refractivity contribution in [3.05, 3.63) is 53.9 Å². The van der Waals surface area contributed by atoms with Crippen molar-refractivity contribution in [2.45, 2.75) is 39.3 Å². The van der Waals surface area contributed by atoms with Gasteiger partial charge in [-0.2, -0.15) is 0 Å². The molecule has 0 radical (unpaired) electrons. The van der Waals surface area contributed by atoms with Crippen LogP contribution in [0.1, 0.15) is 44.0 Å². The zero-order valence-corrected chi connectivity index (χ0v) is 17.6. The second-order valence-electron chi connectivity index (χ2n) is 7.46. The van der Waals surface area contributed by atoms with E-state index in [0.717, 1.165) is 49.7 Å². The first-order valence-electron chi connectivity index (χ1n) is 10.3. The number of nitrogens with zero attached hydrogens (tertiary/aromatic N) is 2. The van der Waals surface area contributed by atoms with Crippen molar-refractivity contribution in [1.82, 2.24) is 15.2 Å². The molecule has 1 unspecified atom stereocenters. The van der Waals surface area contributed by atoms with Gasteiger partial charge in [0.15, 0.2) is 11.5 Å². The molecule has 6 nitrogen and oxygen atoms in total. The van der Waals surface area contributed by atoms with E-state index >= 15 is 0 Å². The van der Waals surface area contributed by atoms with Crippen molar-refractivity contribution < 1.29 is 14.3 Å². The Morgan fingerprint density at radius 2 is 2.03 bits per heavy atom. The third-order valence-electron chi connectivity index (χ3n) is 5.40. The Balaban J connectivity index is 1.61. The van der Waals surface area contributed by atoms with E-state index < -0.39 is 0 Å². The fraction of sp³-hybridized carbons (Fsp3) is 0.478. The van der Waals surface area contributed by atoms with Crippen LogP contribution in [-0.4, -0.2) is 42.6 Å². The summed E-state index contributed by atoms with van der Waals surface area (Å²) < 4.78 is 11.1. The smallest absolute Gasteiger partial charge is 0.217 e. The zero-order chi connectivity index (χ0) is 20.6. The van der Waals surface area contributed by atoms with E-state index in [1.165, 1.54) is 5.56 Å². The molecule has 156 valence electrons. The molecule has 1 aliphatic rings. The van der Waals surface area contributed by atoms with Crippen molar-refractivity contribution >= 4 is 5.91 Å². The Morgan fingerprint density at radius 1 is 1.24 bits per heavy atom. The van der Waals surface area contributed by atoms with Crippen LogP contribution in [0.4, 0.5) is 0 Å². The number of carbonyl (C=O) groups excluding carboxylic acids is 1. The number of piperidine rings is 1. The molecule has 0 aliphatic carbocycles. The average molecular weight is 398 g/mol. The number of benzene rings is 1. The second kappa shape index (κ2) is 10.3. The fourth-order valence-corrected chi connectivity index (χ4v) is 4.00. The highest BCUT2D eigenvalue weighted by molar-refractivity contribution is 5.73. The topological polar surface area (TPSA) is 63.7 Å². The number of amides is 1. The van der Waals surface area contributed by atoms with E-state index in [2.05, 4.69) is 27.3 Å². The van der Waals surface area contributed by atoms with Gasteiger partial charge < -0.3 is 14.8 Å². The summed E-state index contributed by atoms with van der Waals surface area (Å²) in [7, 11) is 1.67. The minimum Gasteiger partial charge on any atom is -0.493 e. The zero-order valence-electron chi connectivity index (χ0n) is 17.6. The minimum absolute atomic E-state index is 0.00966. The third kappa shape index (κ3) is 5.70. The summed E-state index contributed by atoms with van der Waals surface area (Å²) in [5.74, 6) is 1.94. The quantitative estimate of drug-likeness (QED) is 0.738. The molecule has 1 fully saturated rings. The predicted molar refractivity (Wildman–Crippen MR) is 113 cm³/mol. The van der Waals surface area contributed by atoms with E-state index in [4.69, 9.17) is 9.47 Å². The SMILES string of the molecule is CCOc1ccc(CN2CCC(C(NC(C)=O)c3ccccn3)CC2)cc1OC. The molecule has 2 aromatic rings. The lowest BCUT2D eigenvalue weighted by atomic mass is 9.87. The highest BCUT2D eigenvalue weighted by atomic mass is 16.5. The lowest BCUT2D eigenvalue weighted by Gasteiger charge is -2.36. The summed E-state index contributed by atoms with van der Waals surface area (Å²) in [5, 5.41) is 3.11. The van der Waals surface area contributed by atoms with Gasteiger partial charge in [0.2, 0.25) is 5.91 Å². The molecular weight excluding hydrogens is 366 g/mol. The van der Waals surface area contributed by atoms with Crippen molar-refractivity contribution in [2.24, 2.45) is 5.92 Å². The molecule has 6 heteroatoms. The summed E-state index contributed by atoms with van der Waals surface area (Å²) in [6, 6.07) is 12.0. The first-order valence-corrected chi connectivity index (χ1v) is 10.3. The molecule has 1 aromatic heterocycles. The number of carbonyl (C=O) groups is 1. The van der Waals surface area contributed by atoms with Crippen molar-refractivity contribution in [1.29, 1.82) is 0 Å². The van der Waals surface area contributed by atoms with Crippen LogP contribution in [0.3, 0.4) is 0 Å². The molecular formula is C23H31N3O3. The second-order valence-corrected chi connectivity index (χ2v) is 7.46. The van der Waals surface area contributed by atoms with Gasteiger partial charge in [-0.05, 0) is 68.6 Å². The monoisotopic (exact) mass is 397 g/mol. The molecule has 1 atom stereocenters. The molecule has 1 aromatic carbocycles. The first kappa shape index (κ1) is 21.1. The van der Waals surface area contributed by atoms with Gasteiger partial charge in [0.1, 0.15) is 0 Å². The molecule has 1 aliphatic heterocycles. The normalized spacial score (nSPS) is 16.2. The van der Waals surface area contributed by atoms with Crippen LogP contribution in [0.5, 0.6) is 11.5 Å². The van der Waals surface area contributed by atoms with E-state index in [1.54, 1.807) is 20.2 Å². The highest BCUT2D eigenvalue weighted by Crippen LogP contribution is 2.32. The Hall–Kier alpha value is -2.60. The molecule has 1 amide bonds. The summed E-state index contributed by atoms with van der Waals surface area (Å²) in [6.45, 7) is 7.02. The molecule has 1 N–H and O–H groups in total. The Kier molecular flexibility index (Phi) is 7.47. The van der Waals surface area contributed by atoms with Gasteiger partial charge in [-0.3, -0.25) is 14.7 Å². The Bertz CT molecular complexity index is 789. The van der Waals surface area contributed by atoms with Gasteiger partial charge in [-0.1, -0.05) is 12.1 Å². The van der Waals surface area contributed by atoms with Gasteiger partial charge in [0, 0.05) is 19.7 Å². The van der Waals surface area contributed by atoms with Crippen molar-refractivity contribution in [3.63, 3.8) is 0 Å². The van der Waals surface area contributed by atoms with Crippen LogP contribution in [0.25, 0.3) is 0 Å². The lowest BCUT2D eigenvalue weighted by molar-refractivity contribution is -0.120. The summed E-state index contributed by atoms with van der Waals surface area (Å²) in [5.41, 5.74) is 2.16. The number of nitrogens with one attached hydrogen (secondary N) is 1. The van der Waals surface area contributed by atoms with Gasteiger partial charge in [0.25, 0.3) is 0 Å². The van der Waals surface area contributed by atoms with Crippen LogP contribution in [0, 0.1) is 5.92 Å². The number of rotatable bonds is 8. The number of methoxy groups -OCH3 is 1. The number of pyridine rings is 1. The molecule has 1 saturated heterocycles. The molecule has 0 spiro atoms. The van der Waals surface area contributed by atoms with Gasteiger partial charge in [-0.15, -0.1) is 0 Å². The number of aromatic nitrogens is 1. The van der Waals surface area contributed by atoms with Crippen LogP contribution >= 0.6 is 0 Å². The van der Waals surface area contributed by atoms with Crippen LogP contribution in [0.2, 0.25) is 0 Å². The van der Waals surface area contributed by atoms with E-state index in [9.17, 15) is 4.79 Å². The third-order valence-corrected chi connectivity index (χ3v) is 5.40. The predicted octanol–water partition coefficient (Wildman–Crippen LogP) is 3.58. The van der Waals surface area contributed by atoms with Gasteiger partial charge >= 0.3 is 0 Å². The number of hydrogen-bond acceptors (Lipinski definition) is 5. The molecule has 0 saturated carbocycles. The van der Waals surface area contributed by atoms with E-state index in [-0.39, 0.29) is 11.9 Å². The van der Waals surface area contributed by atoms with Gasteiger partial charge in [-0.25, -0.2) is 0 Å². The number of likely N-dealkylation sites (tertiary alicyclic amines) is 1. The summed E-state index contributed by atoms with van der Waals surface area (Å²) in [6.07, 6.45) is 3.84. The molecule has 0 bridgehead atoms. The first-order chi connectivity index (χ1) is 14.1. The Morgan fingerprint density at radius 3 is 2.66 bits per heavy atom. The maximum absolute atomic E-state index is 11.7. The maximum Gasteiger partial charge on any atom is 0.217 e. The van der Waals surface area contributed by atoms with Gasteiger partial charge in [0.05, 0.1) is 25.5 Å². The van der Waals surface area contributed by atoms with E-state index in [1.807, 2.05) is 31.2 Å². The minimum atomic E-state index is -0.0265. The maximum atomic E-state index is 11.7. The largest absolute Gasteiger partial charge is 0.493 e. The number of hydrogen-bond donors (Lipinski definition) is 1. The van der Waals surface area contributed by atoms with Crippen molar-refractivity contribution in [2.75, 3.05) is 26.8 Å². The standard InChI is InChI=1S/C23H31N3O3/c1-4-29-21-9-8-18(15-22(21)28-3)16-26-13-10-19(11-14-26)23(25-17(2)27)20-7-5-6-12-24-20/h5-9,12,15,19,23H,4,10-11,13-14,16H2,1-3H3,(H,25,27).